The lowest BCUT2D eigenvalue weighted by atomic mass is 10.4. The molecule has 0 N–H and O–H groups in total. The molecular weight excluding hydrogens is 164 g/mol. The molecule has 1 atom stereocenters. The van der Waals surface area contributed by atoms with E-state index in [0.29, 0.717) is 0 Å². The normalized spacial score (nSPS) is 13.2. The van der Waals surface area contributed by atoms with Gasteiger partial charge in [-0.25, -0.2) is 4.79 Å². The fraction of sp³-hybridized carbons (Fsp3) is 0.857. The van der Waals surface area contributed by atoms with Crippen LogP contribution in [0.5, 0.6) is 0 Å². The second kappa shape index (κ2) is 5.43. The number of ether oxygens (including phenoxy) is 2. The maximum atomic E-state index is 10.9. The van der Waals surface area contributed by atoms with E-state index in [9.17, 15) is 4.79 Å². The van der Waals surface area contributed by atoms with Gasteiger partial charge >= 0.3 is 5.97 Å². The number of hydrogen-bond donors (Lipinski definition) is 1. The Morgan fingerprint density at radius 2 is 2.00 bits per heavy atom. The molecule has 0 heterocycles. The predicted molar refractivity (Wildman–Crippen MR) is 45.6 cm³/mol. The summed E-state index contributed by atoms with van der Waals surface area (Å²) in [6, 6.07) is 0. The van der Waals surface area contributed by atoms with E-state index in [1.807, 2.05) is 13.8 Å². The van der Waals surface area contributed by atoms with E-state index in [1.165, 1.54) is 0 Å². The Hall–Kier alpha value is -0.220. The highest BCUT2D eigenvalue weighted by Crippen LogP contribution is 1.99. The summed E-state index contributed by atoms with van der Waals surface area (Å²) in [6.07, 6.45) is -0.459. The Kier molecular flexibility index (Phi) is 5.32. The Morgan fingerprint density at radius 1 is 1.45 bits per heavy atom. The first kappa shape index (κ1) is 10.8. The van der Waals surface area contributed by atoms with Crippen molar-refractivity contribution in [3.8, 4) is 0 Å². The zero-order valence-electron chi connectivity index (χ0n) is 7.03. The van der Waals surface area contributed by atoms with Crippen molar-refractivity contribution in [2.75, 3.05) is 5.94 Å². The molecule has 3 nitrogen and oxygen atoms in total. The third-order valence-corrected chi connectivity index (χ3v) is 1.14. The van der Waals surface area contributed by atoms with Gasteiger partial charge in [0.05, 0.1) is 6.10 Å². The van der Waals surface area contributed by atoms with Gasteiger partial charge in [0.15, 0.2) is 6.10 Å². The van der Waals surface area contributed by atoms with E-state index >= 15 is 0 Å². The van der Waals surface area contributed by atoms with Crippen molar-refractivity contribution in [2.24, 2.45) is 0 Å². The third-order valence-electron chi connectivity index (χ3n) is 1.02. The van der Waals surface area contributed by atoms with Crippen LogP contribution in [0.1, 0.15) is 20.8 Å². The molecule has 0 aromatic rings. The zero-order chi connectivity index (χ0) is 8.85. The van der Waals surface area contributed by atoms with Gasteiger partial charge in [-0.05, 0) is 20.8 Å². The molecule has 0 bridgehead atoms. The first-order valence-electron chi connectivity index (χ1n) is 3.51. The maximum absolute atomic E-state index is 10.9. The third kappa shape index (κ3) is 5.09. The molecule has 0 amide bonds. The van der Waals surface area contributed by atoms with Crippen LogP contribution in [0.25, 0.3) is 0 Å². The molecule has 0 aromatic heterocycles. The Balaban J connectivity index is 3.64. The van der Waals surface area contributed by atoms with Crippen LogP contribution >= 0.6 is 12.6 Å². The summed E-state index contributed by atoms with van der Waals surface area (Å²) in [5.41, 5.74) is 0. The molecule has 0 rings (SSSR count). The Morgan fingerprint density at radius 3 is 2.36 bits per heavy atom. The van der Waals surface area contributed by atoms with Crippen LogP contribution in [0.4, 0.5) is 0 Å². The summed E-state index contributed by atoms with van der Waals surface area (Å²) >= 11 is 3.75. The standard InChI is InChI=1S/C7H14O3S/c1-5(2)10-6(3)7(8)9-4-11/h5-6,11H,4H2,1-3H3. The van der Waals surface area contributed by atoms with Crippen molar-refractivity contribution >= 4 is 18.6 Å². The number of esters is 1. The van der Waals surface area contributed by atoms with Crippen LogP contribution < -0.4 is 0 Å². The van der Waals surface area contributed by atoms with Gasteiger partial charge in [-0.15, -0.1) is 12.6 Å². The molecule has 0 aromatic carbocycles. The summed E-state index contributed by atoms with van der Waals surface area (Å²) in [5, 5.41) is 0. The monoisotopic (exact) mass is 178 g/mol. The minimum Gasteiger partial charge on any atom is -0.453 e. The molecule has 66 valence electrons. The molecular formula is C7H14O3S. The van der Waals surface area contributed by atoms with E-state index in [-0.39, 0.29) is 18.0 Å². The van der Waals surface area contributed by atoms with Gasteiger partial charge in [0, 0.05) is 0 Å². The smallest absolute Gasteiger partial charge is 0.335 e. The van der Waals surface area contributed by atoms with Crippen molar-refractivity contribution in [1.82, 2.24) is 0 Å². The average Bonchev–Trinajstić information content (AvgIpc) is 1.86. The lowest BCUT2D eigenvalue weighted by Gasteiger charge is -2.13. The van der Waals surface area contributed by atoms with E-state index in [4.69, 9.17) is 4.74 Å². The van der Waals surface area contributed by atoms with Crippen molar-refractivity contribution in [1.29, 1.82) is 0 Å². The van der Waals surface area contributed by atoms with Crippen molar-refractivity contribution in [3.05, 3.63) is 0 Å². The second-order valence-electron chi connectivity index (χ2n) is 2.42. The van der Waals surface area contributed by atoms with Gasteiger partial charge < -0.3 is 9.47 Å². The first-order valence-corrected chi connectivity index (χ1v) is 4.14. The van der Waals surface area contributed by atoms with Gasteiger partial charge in [0.1, 0.15) is 5.94 Å². The molecule has 0 aliphatic rings. The highest BCUT2D eigenvalue weighted by molar-refractivity contribution is 7.80. The zero-order valence-corrected chi connectivity index (χ0v) is 7.93. The van der Waals surface area contributed by atoms with Crippen LogP contribution in [0, 0.1) is 0 Å². The molecule has 1 unspecified atom stereocenters. The summed E-state index contributed by atoms with van der Waals surface area (Å²) < 4.78 is 9.76. The van der Waals surface area contributed by atoms with Crippen LogP contribution in [-0.4, -0.2) is 24.1 Å². The summed E-state index contributed by atoms with van der Waals surface area (Å²) in [4.78, 5) is 10.9. The predicted octanol–water partition coefficient (Wildman–Crippen LogP) is 1.23. The summed E-state index contributed by atoms with van der Waals surface area (Å²) in [6.45, 7) is 5.39. The molecule has 0 radical (unpaired) electrons. The number of thiol groups is 1. The minimum atomic E-state index is -0.498. The fourth-order valence-corrected chi connectivity index (χ4v) is 0.772. The van der Waals surface area contributed by atoms with Crippen molar-refractivity contribution in [2.45, 2.75) is 33.0 Å². The second-order valence-corrected chi connectivity index (χ2v) is 2.68. The topological polar surface area (TPSA) is 35.5 Å². The van der Waals surface area contributed by atoms with Gasteiger partial charge in [0.2, 0.25) is 0 Å². The molecule has 0 saturated heterocycles. The number of rotatable bonds is 4. The number of carbonyl (C=O) groups is 1. The lowest BCUT2D eigenvalue weighted by Crippen LogP contribution is -2.25. The Labute approximate surface area is 72.5 Å². The molecule has 11 heavy (non-hydrogen) atoms. The largest absolute Gasteiger partial charge is 0.453 e. The molecule has 0 saturated carbocycles. The molecule has 4 heteroatoms. The van der Waals surface area contributed by atoms with Crippen LogP contribution in [-0.2, 0) is 14.3 Å². The fourth-order valence-electron chi connectivity index (χ4n) is 0.645. The summed E-state index contributed by atoms with van der Waals surface area (Å²) in [7, 11) is 0. The van der Waals surface area contributed by atoms with E-state index < -0.39 is 6.10 Å². The highest BCUT2D eigenvalue weighted by Gasteiger charge is 2.15. The average molecular weight is 178 g/mol. The maximum Gasteiger partial charge on any atom is 0.335 e. The lowest BCUT2D eigenvalue weighted by molar-refractivity contribution is -0.156. The number of carbonyl (C=O) groups excluding carboxylic acids is 1. The van der Waals surface area contributed by atoms with Crippen molar-refractivity contribution < 1.29 is 14.3 Å². The van der Waals surface area contributed by atoms with Gasteiger partial charge in [-0.1, -0.05) is 0 Å². The van der Waals surface area contributed by atoms with Crippen LogP contribution in [0.15, 0.2) is 0 Å². The minimum absolute atomic E-state index is 0.0393. The van der Waals surface area contributed by atoms with Gasteiger partial charge in [-0.2, -0.15) is 0 Å². The first-order chi connectivity index (χ1) is 5.07. The van der Waals surface area contributed by atoms with E-state index in [2.05, 4.69) is 17.4 Å². The van der Waals surface area contributed by atoms with E-state index in [1.54, 1.807) is 6.92 Å². The van der Waals surface area contributed by atoms with Gasteiger partial charge in [-0.3, -0.25) is 0 Å². The van der Waals surface area contributed by atoms with Gasteiger partial charge in [0.25, 0.3) is 0 Å². The summed E-state index contributed by atoms with van der Waals surface area (Å²) in [5.74, 6) is -0.265. The SMILES string of the molecule is CC(C)OC(C)C(=O)OCS. The molecule has 0 spiro atoms. The van der Waals surface area contributed by atoms with E-state index in [0.717, 1.165) is 0 Å². The van der Waals surface area contributed by atoms with Crippen LogP contribution in [0.3, 0.4) is 0 Å². The Bertz CT molecular complexity index is 125. The molecule has 0 aliphatic heterocycles. The van der Waals surface area contributed by atoms with Crippen molar-refractivity contribution in [3.63, 3.8) is 0 Å². The number of hydrogen-bond acceptors (Lipinski definition) is 4. The molecule has 0 fully saturated rings. The van der Waals surface area contributed by atoms with Crippen LogP contribution in [0.2, 0.25) is 0 Å². The quantitative estimate of drug-likeness (QED) is 0.399. The molecule has 0 aliphatic carbocycles. The highest BCUT2D eigenvalue weighted by atomic mass is 32.1.